The van der Waals surface area contributed by atoms with Gasteiger partial charge in [-0.05, 0) is 12.5 Å². The monoisotopic (exact) mass is 249 g/mol. The first-order chi connectivity index (χ1) is 8.46. The van der Waals surface area contributed by atoms with E-state index in [0.717, 1.165) is 6.42 Å². The van der Waals surface area contributed by atoms with Crippen LogP contribution in [0.1, 0.15) is 30.6 Å². The van der Waals surface area contributed by atoms with Crippen molar-refractivity contribution in [3.8, 4) is 5.75 Å². The van der Waals surface area contributed by atoms with Gasteiger partial charge in [-0.2, -0.15) is 0 Å². The molecule has 1 amide bonds. The SMILES string of the molecule is COc1cnccc1C(=O)NC1CC(N)C1(C)C. The van der Waals surface area contributed by atoms with Crippen LogP contribution in [-0.2, 0) is 0 Å². The second-order valence-corrected chi connectivity index (χ2v) is 5.27. The van der Waals surface area contributed by atoms with Crippen LogP contribution in [0.3, 0.4) is 0 Å². The number of nitrogens with zero attached hydrogens (tertiary/aromatic N) is 1. The molecule has 2 unspecified atom stereocenters. The number of hydrogen-bond donors (Lipinski definition) is 2. The van der Waals surface area contributed by atoms with E-state index in [2.05, 4.69) is 24.1 Å². The minimum absolute atomic E-state index is 0.0596. The lowest BCUT2D eigenvalue weighted by Gasteiger charge is -2.50. The molecule has 0 bridgehead atoms. The fourth-order valence-corrected chi connectivity index (χ4v) is 2.17. The number of carbonyl (C=O) groups excluding carboxylic acids is 1. The summed E-state index contributed by atoms with van der Waals surface area (Å²) in [6.45, 7) is 4.13. The summed E-state index contributed by atoms with van der Waals surface area (Å²) in [6, 6.07) is 1.90. The second-order valence-electron chi connectivity index (χ2n) is 5.27. The van der Waals surface area contributed by atoms with Crippen molar-refractivity contribution in [1.29, 1.82) is 0 Å². The van der Waals surface area contributed by atoms with Crippen molar-refractivity contribution in [3.63, 3.8) is 0 Å². The van der Waals surface area contributed by atoms with Crippen LogP contribution < -0.4 is 15.8 Å². The molecular weight excluding hydrogens is 230 g/mol. The third-order valence-corrected chi connectivity index (χ3v) is 3.90. The molecule has 0 radical (unpaired) electrons. The molecule has 1 aromatic heterocycles. The largest absolute Gasteiger partial charge is 0.494 e. The highest BCUT2D eigenvalue weighted by atomic mass is 16.5. The molecule has 1 heterocycles. The van der Waals surface area contributed by atoms with Gasteiger partial charge in [0.25, 0.3) is 5.91 Å². The maximum Gasteiger partial charge on any atom is 0.255 e. The van der Waals surface area contributed by atoms with Gasteiger partial charge in [0.15, 0.2) is 0 Å². The Kier molecular flexibility index (Phi) is 3.26. The summed E-state index contributed by atoms with van der Waals surface area (Å²) in [7, 11) is 1.52. The zero-order chi connectivity index (χ0) is 13.3. The maximum absolute atomic E-state index is 12.2. The molecule has 1 aliphatic carbocycles. The van der Waals surface area contributed by atoms with E-state index in [1.807, 2.05) is 0 Å². The van der Waals surface area contributed by atoms with E-state index < -0.39 is 0 Å². The van der Waals surface area contributed by atoms with Crippen LogP contribution in [0.2, 0.25) is 0 Å². The van der Waals surface area contributed by atoms with Gasteiger partial charge >= 0.3 is 0 Å². The summed E-state index contributed by atoms with van der Waals surface area (Å²) in [5, 5.41) is 3.00. The number of rotatable bonds is 3. The van der Waals surface area contributed by atoms with E-state index in [1.165, 1.54) is 13.3 Å². The number of nitrogens with one attached hydrogen (secondary N) is 1. The lowest BCUT2D eigenvalue weighted by molar-refractivity contribution is 0.0584. The molecule has 2 rings (SSSR count). The Hall–Kier alpha value is -1.62. The van der Waals surface area contributed by atoms with E-state index in [9.17, 15) is 4.79 Å². The number of aromatic nitrogens is 1. The minimum atomic E-state index is -0.140. The van der Waals surface area contributed by atoms with Crippen LogP contribution in [0, 0.1) is 5.41 Å². The molecule has 5 heteroatoms. The lowest BCUT2D eigenvalue weighted by Crippen LogP contribution is -2.64. The van der Waals surface area contributed by atoms with E-state index in [-0.39, 0.29) is 23.4 Å². The third kappa shape index (κ3) is 2.06. The van der Waals surface area contributed by atoms with E-state index in [1.54, 1.807) is 12.3 Å². The Bertz CT molecular complexity index is 459. The van der Waals surface area contributed by atoms with Crippen molar-refractivity contribution in [3.05, 3.63) is 24.0 Å². The second kappa shape index (κ2) is 4.57. The number of carbonyl (C=O) groups is 1. The van der Waals surface area contributed by atoms with Gasteiger partial charge in [-0.15, -0.1) is 0 Å². The average Bonchev–Trinajstić information content (AvgIpc) is 2.38. The van der Waals surface area contributed by atoms with Crippen LogP contribution in [-0.4, -0.2) is 30.1 Å². The molecule has 0 saturated heterocycles. The van der Waals surface area contributed by atoms with Gasteiger partial charge in [-0.3, -0.25) is 9.78 Å². The van der Waals surface area contributed by atoms with Crippen molar-refractivity contribution in [2.45, 2.75) is 32.4 Å². The zero-order valence-corrected chi connectivity index (χ0v) is 10.9. The van der Waals surface area contributed by atoms with Crippen LogP contribution in [0.5, 0.6) is 5.75 Å². The third-order valence-electron chi connectivity index (χ3n) is 3.90. The molecule has 98 valence electrons. The summed E-state index contributed by atoms with van der Waals surface area (Å²) in [5.74, 6) is 0.343. The van der Waals surface area contributed by atoms with Crippen molar-refractivity contribution in [1.82, 2.24) is 10.3 Å². The number of amides is 1. The van der Waals surface area contributed by atoms with Gasteiger partial charge in [0.05, 0.1) is 18.9 Å². The van der Waals surface area contributed by atoms with E-state index in [0.29, 0.717) is 11.3 Å². The van der Waals surface area contributed by atoms with Crippen LogP contribution in [0.4, 0.5) is 0 Å². The zero-order valence-electron chi connectivity index (χ0n) is 10.9. The molecule has 18 heavy (non-hydrogen) atoms. The van der Waals surface area contributed by atoms with Crippen LogP contribution in [0.25, 0.3) is 0 Å². The summed E-state index contributed by atoms with van der Waals surface area (Å²) in [6.07, 6.45) is 3.92. The molecule has 1 fully saturated rings. The number of ether oxygens (including phenoxy) is 1. The predicted molar refractivity (Wildman–Crippen MR) is 68.4 cm³/mol. The Morgan fingerprint density at radius 1 is 1.61 bits per heavy atom. The Morgan fingerprint density at radius 2 is 2.33 bits per heavy atom. The molecule has 0 spiro atoms. The fourth-order valence-electron chi connectivity index (χ4n) is 2.17. The molecule has 1 aliphatic rings. The van der Waals surface area contributed by atoms with Gasteiger partial charge in [0.2, 0.25) is 0 Å². The number of pyridine rings is 1. The predicted octanol–water partition coefficient (Wildman–Crippen LogP) is 0.946. The topological polar surface area (TPSA) is 77.2 Å². The summed E-state index contributed by atoms with van der Waals surface area (Å²) in [5.41, 5.74) is 6.38. The average molecular weight is 249 g/mol. The number of hydrogen-bond acceptors (Lipinski definition) is 4. The molecule has 0 aliphatic heterocycles. The summed E-state index contributed by atoms with van der Waals surface area (Å²) < 4.78 is 5.12. The highest BCUT2D eigenvalue weighted by Gasteiger charge is 2.46. The number of methoxy groups -OCH3 is 1. The first-order valence-electron chi connectivity index (χ1n) is 6.01. The van der Waals surface area contributed by atoms with Gasteiger partial charge < -0.3 is 15.8 Å². The van der Waals surface area contributed by atoms with Gasteiger partial charge in [0.1, 0.15) is 5.75 Å². The Morgan fingerprint density at radius 3 is 2.89 bits per heavy atom. The van der Waals surface area contributed by atoms with E-state index in [4.69, 9.17) is 10.5 Å². The number of nitrogens with two attached hydrogens (primary N) is 1. The Labute approximate surface area is 107 Å². The molecule has 0 aromatic carbocycles. The molecule has 5 nitrogen and oxygen atoms in total. The van der Waals surface area contributed by atoms with Gasteiger partial charge in [0, 0.05) is 23.7 Å². The van der Waals surface area contributed by atoms with Crippen LogP contribution in [0.15, 0.2) is 18.5 Å². The van der Waals surface area contributed by atoms with Gasteiger partial charge in [-0.25, -0.2) is 0 Å². The molecule has 2 atom stereocenters. The Balaban J connectivity index is 2.09. The van der Waals surface area contributed by atoms with Crippen molar-refractivity contribution in [2.75, 3.05) is 7.11 Å². The summed E-state index contributed by atoms with van der Waals surface area (Å²) >= 11 is 0. The molecule has 1 aromatic rings. The smallest absolute Gasteiger partial charge is 0.255 e. The maximum atomic E-state index is 12.2. The highest BCUT2D eigenvalue weighted by Crippen LogP contribution is 2.39. The standard InChI is InChI=1S/C13H19N3O2/c1-13(2)10(14)6-11(13)16-12(17)8-4-5-15-7-9(8)18-3/h4-5,7,10-11H,6,14H2,1-3H3,(H,16,17). The lowest BCUT2D eigenvalue weighted by atomic mass is 9.63. The minimum Gasteiger partial charge on any atom is -0.494 e. The molecular formula is C13H19N3O2. The fraction of sp³-hybridized carbons (Fsp3) is 0.538. The van der Waals surface area contributed by atoms with Crippen molar-refractivity contribution >= 4 is 5.91 Å². The van der Waals surface area contributed by atoms with Crippen molar-refractivity contribution < 1.29 is 9.53 Å². The highest BCUT2D eigenvalue weighted by molar-refractivity contribution is 5.97. The van der Waals surface area contributed by atoms with Crippen LogP contribution >= 0.6 is 0 Å². The first-order valence-corrected chi connectivity index (χ1v) is 6.01. The van der Waals surface area contributed by atoms with E-state index >= 15 is 0 Å². The van der Waals surface area contributed by atoms with Gasteiger partial charge in [-0.1, -0.05) is 13.8 Å². The molecule has 1 saturated carbocycles. The normalized spacial score (nSPS) is 25.1. The summed E-state index contributed by atoms with van der Waals surface area (Å²) in [4.78, 5) is 16.1. The van der Waals surface area contributed by atoms with Crippen molar-refractivity contribution in [2.24, 2.45) is 11.1 Å². The quantitative estimate of drug-likeness (QED) is 0.836. The first kappa shape index (κ1) is 12.8. The molecule has 3 N–H and O–H groups in total.